The van der Waals surface area contributed by atoms with Crippen molar-refractivity contribution in [1.82, 2.24) is 20.6 Å². The molecule has 1 saturated heterocycles. The number of aromatic nitrogens is 2. The molecule has 7 heteroatoms. The Morgan fingerprint density at radius 2 is 2.13 bits per heavy atom. The van der Waals surface area contributed by atoms with Crippen molar-refractivity contribution in [2.75, 3.05) is 13.1 Å². The lowest BCUT2D eigenvalue weighted by Gasteiger charge is -2.31. The molecule has 1 amide bonds. The lowest BCUT2D eigenvalue weighted by molar-refractivity contribution is -0.127. The largest absolute Gasteiger partial charge is 0.441 e. The predicted octanol–water partition coefficient (Wildman–Crippen LogP) is 3.78. The standard InChI is InChI=1S/C23H25ClN4O2/c1-15-21(28-23(30-15)17-4-6-19(24)7-5-17)11-18-14-26-10-8-20(18)22(29)27-13-16-3-2-9-25-12-16/h2-7,9,12,18,20,26H,8,10-11,13-14H2,1H3,(H,27,29). The third-order valence-corrected chi connectivity index (χ3v) is 5.83. The molecule has 2 atom stereocenters. The number of piperidine rings is 1. The summed E-state index contributed by atoms with van der Waals surface area (Å²) in [5.74, 6) is 1.57. The van der Waals surface area contributed by atoms with Gasteiger partial charge in [-0.25, -0.2) is 4.98 Å². The summed E-state index contributed by atoms with van der Waals surface area (Å²) in [6, 6.07) is 11.3. The monoisotopic (exact) mass is 424 g/mol. The molecule has 30 heavy (non-hydrogen) atoms. The molecule has 156 valence electrons. The maximum atomic E-state index is 12.9. The second-order valence-electron chi connectivity index (χ2n) is 7.67. The number of amides is 1. The topological polar surface area (TPSA) is 80.0 Å². The number of hydrogen-bond donors (Lipinski definition) is 2. The van der Waals surface area contributed by atoms with Crippen LogP contribution in [0.4, 0.5) is 0 Å². The average Bonchev–Trinajstić information content (AvgIpc) is 3.14. The lowest BCUT2D eigenvalue weighted by Crippen LogP contribution is -2.45. The van der Waals surface area contributed by atoms with Crippen LogP contribution in [0.25, 0.3) is 11.5 Å². The Morgan fingerprint density at radius 1 is 1.30 bits per heavy atom. The highest BCUT2D eigenvalue weighted by Crippen LogP contribution is 2.28. The van der Waals surface area contributed by atoms with E-state index in [4.69, 9.17) is 21.0 Å². The van der Waals surface area contributed by atoms with Crippen LogP contribution in [0.3, 0.4) is 0 Å². The van der Waals surface area contributed by atoms with Gasteiger partial charge < -0.3 is 15.1 Å². The van der Waals surface area contributed by atoms with Crippen LogP contribution in [0, 0.1) is 18.8 Å². The second-order valence-corrected chi connectivity index (χ2v) is 8.11. The van der Waals surface area contributed by atoms with E-state index in [1.54, 1.807) is 12.4 Å². The zero-order valence-corrected chi connectivity index (χ0v) is 17.7. The van der Waals surface area contributed by atoms with Gasteiger partial charge in [0.05, 0.1) is 5.69 Å². The van der Waals surface area contributed by atoms with Crippen molar-refractivity contribution in [3.8, 4) is 11.5 Å². The summed E-state index contributed by atoms with van der Waals surface area (Å²) in [6.45, 7) is 4.05. The molecular weight excluding hydrogens is 400 g/mol. The number of hydrogen-bond acceptors (Lipinski definition) is 5. The van der Waals surface area contributed by atoms with Gasteiger partial charge in [0.2, 0.25) is 11.8 Å². The van der Waals surface area contributed by atoms with Crippen LogP contribution >= 0.6 is 11.6 Å². The average molecular weight is 425 g/mol. The third-order valence-electron chi connectivity index (χ3n) is 5.57. The SMILES string of the molecule is Cc1oc(-c2ccc(Cl)cc2)nc1CC1CNCCC1C(=O)NCc1cccnc1. The highest BCUT2D eigenvalue weighted by Gasteiger charge is 2.32. The van der Waals surface area contributed by atoms with E-state index >= 15 is 0 Å². The Morgan fingerprint density at radius 3 is 2.90 bits per heavy atom. The smallest absolute Gasteiger partial charge is 0.226 e. The van der Waals surface area contributed by atoms with E-state index in [9.17, 15) is 4.79 Å². The summed E-state index contributed by atoms with van der Waals surface area (Å²) in [4.78, 5) is 21.7. The summed E-state index contributed by atoms with van der Waals surface area (Å²) in [6.07, 6.45) is 5.01. The van der Waals surface area contributed by atoms with Crippen LogP contribution < -0.4 is 10.6 Å². The van der Waals surface area contributed by atoms with Crippen molar-refractivity contribution in [2.24, 2.45) is 11.8 Å². The molecule has 2 aromatic heterocycles. The molecule has 0 aliphatic carbocycles. The molecule has 0 saturated carbocycles. The first-order chi connectivity index (χ1) is 14.6. The Bertz CT molecular complexity index is 988. The number of oxazole rings is 1. The minimum atomic E-state index is -0.0574. The van der Waals surface area contributed by atoms with Crippen LogP contribution in [0.2, 0.25) is 5.02 Å². The first-order valence-electron chi connectivity index (χ1n) is 10.2. The van der Waals surface area contributed by atoms with Gasteiger partial charge in [-0.1, -0.05) is 17.7 Å². The fourth-order valence-electron chi connectivity index (χ4n) is 3.89. The number of carbonyl (C=O) groups excluding carboxylic acids is 1. The van der Waals surface area contributed by atoms with Crippen LogP contribution in [0.15, 0.2) is 53.2 Å². The molecule has 1 aromatic carbocycles. The number of nitrogens with zero attached hydrogens (tertiary/aromatic N) is 2. The normalized spacial score (nSPS) is 18.9. The van der Waals surface area contributed by atoms with Crippen molar-refractivity contribution in [1.29, 1.82) is 0 Å². The number of carbonyl (C=O) groups is 1. The van der Waals surface area contributed by atoms with Crippen molar-refractivity contribution < 1.29 is 9.21 Å². The van der Waals surface area contributed by atoms with E-state index in [2.05, 4.69) is 15.6 Å². The minimum Gasteiger partial charge on any atom is -0.441 e. The second kappa shape index (κ2) is 9.41. The van der Waals surface area contributed by atoms with Gasteiger partial charge >= 0.3 is 0 Å². The highest BCUT2D eigenvalue weighted by atomic mass is 35.5. The third kappa shape index (κ3) is 4.89. The van der Waals surface area contributed by atoms with Crippen LogP contribution in [0.1, 0.15) is 23.4 Å². The van der Waals surface area contributed by atoms with E-state index < -0.39 is 0 Å². The zero-order chi connectivity index (χ0) is 20.9. The van der Waals surface area contributed by atoms with Gasteiger partial charge in [-0.05, 0) is 74.7 Å². The minimum absolute atomic E-state index is 0.0574. The van der Waals surface area contributed by atoms with Gasteiger partial charge in [0.15, 0.2) is 0 Å². The molecule has 0 bridgehead atoms. The first-order valence-corrected chi connectivity index (χ1v) is 10.6. The molecule has 1 aliphatic rings. The van der Waals surface area contributed by atoms with E-state index in [0.717, 1.165) is 42.1 Å². The van der Waals surface area contributed by atoms with E-state index in [-0.39, 0.29) is 17.7 Å². The molecule has 2 N–H and O–H groups in total. The maximum Gasteiger partial charge on any atom is 0.226 e. The molecular formula is C23H25ClN4O2. The summed E-state index contributed by atoms with van der Waals surface area (Å²) >= 11 is 5.98. The molecule has 4 rings (SSSR count). The Labute approximate surface area is 181 Å². The molecule has 1 aliphatic heterocycles. The van der Waals surface area contributed by atoms with Gasteiger partial charge in [-0.3, -0.25) is 9.78 Å². The maximum absolute atomic E-state index is 12.9. The summed E-state index contributed by atoms with van der Waals surface area (Å²) in [5, 5.41) is 7.16. The molecule has 0 spiro atoms. The highest BCUT2D eigenvalue weighted by molar-refractivity contribution is 6.30. The molecule has 0 radical (unpaired) electrons. The summed E-state index contributed by atoms with van der Waals surface area (Å²) in [7, 11) is 0. The molecule has 1 fully saturated rings. The van der Waals surface area contributed by atoms with Gasteiger partial charge in [-0.15, -0.1) is 0 Å². The number of aryl methyl sites for hydroxylation is 1. The molecule has 2 unspecified atom stereocenters. The van der Waals surface area contributed by atoms with E-state index in [1.807, 2.05) is 43.3 Å². The number of pyridine rings is 1. The van der Waals surface area contributed by atoms with Crippen molar-refractivity contribution >= 4 is 17.5 Å². The van der Waals surface area contributed by atoms with Crippen LogP contribution in [-0.2, 0) is 17.8 Å². The number of rotatable bonds is 6. The van der Waals surface area contributed by atoms with Gasteiger partial charge in [-0.2, -0.15) is 0 Å². The van der Waals surface area contributed by atoms with Crippen molar-refractivity contribution in [3.63, 3.8) is 0 Å². The number of halogens is 1. The summed E-state index contributed by atoms with van der Waals surface area (Å²) in [5.41, 5.74) is 2.79. The van der Waals surface area contributed by atoms with E-state index in [1.165, 1.54) is 0 Å². The Hall–Kier alpha value is -2.70. The lowest BCUT2D eigenvalue weighted by atomic mass is 9.82. The van der Waals surface area contributed by atoms with Gasteiger partial charge in [0, 0.05) is 35.4 Å². The number of benzene rings is 1. The quantitative estimate of drug-likeness (QED) is 0.629. The van der Waals surface area contributed by atoms with Crippen LogP contribution in [-0.4, -0.2) is 29.0 Å². The molecule has 6 nitrogen and oxygen atoms in total. The van der Waals surface area contributed by atoms with Crippen molar-refractivity contribution in [2.45, 2.75) is 26.3 Å². The Kier molecular flexibility index (Phi) is 6.45. The number of nitrogens with one attached hydrogen (secondary N) is 2. The predicted molar refractivity (Wildman–Crippen MR) is 116 cm³/mol. The first kappa shape index (κ1) is 20.6. The Balaban J connectivity index is 1.44. The van der Waals surface area contributed by atoms with Crippen molar-refractivity contribution in [3.05, 3.63) is 70.8 Å². The van der Waals surface area contributed by atoms with Gasteiger partial charge in [0.25, 0.3) is 0 Å². The summed E-state index contributed by atoms with van der Waals surface area (Å²) < 4.78 is 5.90. The fourth-order valence-corrected chi connectivity index (χ4v) is 4.01. The molecule has 3 heterocycles. The molecule has 3 aromatic rings. The van der Waals surface area contributed by atoms with Crippen LogP contribution in [0.5, 0.6) is 0 Å². The van der Waals surface area contributed by atoms with Gasteiger partial charge in [0.1, 0.15) is 5.76 Å². The fraction of sp³-hybridized carbons (Fsp3) is 0.348. The van der Waals surface area contributed by atoms with E-state index in [0.29, 0.717) is 23.9 Å². The zero-order valence-electron chi connectivity index (χ0n) is 16.9.